The number of rotatable bonds is 4. The number of benzene rings is 1. The fourth-order valence-electron chi connectivity index (χ4n) is 3.77. The Labute approximate surface area is 148 Å². The van der Waals surface area contributed by atoms with Gasteiger partial charge in [0.15, 0.2) is 0 Å². The maximum absolute atomic E-state index is 9.65. The van der Waals surface area contributed by atoms with Crippen molar-refractivity contribution in [2.24, 2.45) is 0 Å². The van der Waals surface area contributed by atoms with Crippen molar-refractivity contribution in [3.05, 3.63) is 24.4 Å². The maximum atomic E-state index is 9.65. The molecule has 0 radical (unpaired) electrons. The maximum Gasteiger partial charge on any atom is 0.223 e. The molecule has 0 amide bonds. The van der Waals surface area contributed by atoms with Gasteiger partial charge in [0.05, 0.1) is 6.10 Å². The number of para-hydroxylation sites is 1. The van der Waals surface area contributed by atoms with Crippen LogP contribution in [0.1, 0.15) is 32.1 Å². The van der Waals surface area contributed by atoms with Crippen LogP contribution < -0.4 is 10.1 Å². The Hall–Kier alpha value is -1.92. The molecule has 134 valence electrons. The van der Waals surface area contributed by atoms with Crippen molar-refractivity contribution < 1.29 is 9.84 Å². The highest BCUT2D eigenvalue weighted by molar-refractivity contribution is 5.84. The number of hydrogen-bond acceptors (Lipinski definition) is 6. The molecule has 1 aromatic carbocycles. The molecule has 1 saturated heterocycles. The lowest BCUT2D eigenvalue weighted by molar-refractivity contribution is 0.126. The average molecular weight is 342 g/mol. The molecule has 1 unspecified atom stereocenters. The van der Waals surface area contributed by atoms with Gasteiger partial charge in [-0.05, 0) is 45.2 Å². The van der Waals surface area contributed by atoms with Crippen LogP contribution in [0.3, 0.4) is 0 Å². The number of hydrogen-bond donors (Lipinski definition) is 2. The van der Waals surface area contributed by atoms with E-state index in [0.717, 1.165) is 61.8 Å². The first-order chi connectivity index (χ1) is 12.2. The fourth-order valence-corrected chi connectivity index (χ4v) is 3.77. The molecule has 2 fully saturated rings. The highest BCUT2D eigenvalue weighted by atomic mass is 16.5. The third kappa shape index (κ3) is 3.85. The number of aromatic nitrogens is 2. The number of anilines is 1. The highest BCUT2D eigenvalue weighted by Gasteiger charge is 2.23. The van der Waals surface area contributed by atoms with E-state index in [1.165, 1.54) is 0 Å². The van der Waals surface area contributed by atoms with Gasteiger partial charge in [-0.15, -0.1) is 0 Å². The van der Waals surface area contributed by atoms with Gasteiger partial charge < -0.3 is 20.1 Å². The van der Waals surface area contributed by atoms with Gasteiger partial charge in [0.25, 0.3) is 0 Å². The van der Waals surface area contributed by atoms with E-state index in [-0.39, 0.29) is 12.2 Å². The lowest BCUT2D eigenvalue weighted by Crippen LogP contribution is -2.28. The third-order valence-corrected chi connectivity index (χ3v) is 5.25. The largest absolute Gasteiger partial charge is 0.487 e. The Balaban J connectivity index is 1.53. The van der Waals surface area contributed by atoms with Gasteiger partial charge in [0.1, 0.15) is 17.4 Å². The Morgan fingerprint density at radius 2 is 2.04 bits per heavy atom. The molecular weight excluding hydrogens is 316 g/mol. The molecule has 1 aromatic heterocycles. The Morgan fingerprint density at radius 3 is 2.80 bits per heavy atom. The fraction of sp³-hybridized carbons (Fsp3) is 0.579. The van der Waals surface area contributed by atoms with E-state index < -0.39 is 0 Å². The topological polar surface area (TPSA) is 70.5 Å². The van der Waals surface area contributed by atoms with E-state index in [1.807, 2.05) is 24.4 Å². The molecule has 0 spiro atoms. The minimum atomic E-state index is -0.153. The van der Waals surface area contributed by atoms with Crippen LogP contribution in [-0.2, 0) is 0 Å². The number of aliphatic hydroxyl groups excluding tert-OH is 1. The smallest absolute Gasteiger partial charge is 0.223 e. The second-order valence-corrected chi connectivity index (χ2v) is 7.33. The quantitative estimate of drug-likeness (QED) is 0.889. The molecule has 6 nitrogen and oxygen atoms in total. The van der Waals surface area contributed by atoms with Crippen LogP contribution in [-0.4, -0.2) is 58.4 Å². The van der Waals surface area contributed by atoms with E-state index in [0.29, 0.717) is 12.0 Å². The number of fused-ring (bicyclic) bond motifs is 1. The minimum Gasteiger partial charge on any atom is -0.487 e. The number of aliphatic hydroxyl groups is 1. The second kappa shape index (κ2) is 7.14. The Bertz CT molecular complexity index is 730. The molecule has 1 atom stereocenters. The van der Waals surface area contributed by atoms with Crippen LogP contribution in [0.4, 0.5) is 5.95 Å². The van der Waals surface area contributed by atoms with Gasteiger partial charge in [-0.25, -0.2) is 9.97 Å². The summed E-state index contributed by atoms with van der Waals surface area (Å²) in [5.74, 6) is 1.48. The van der Waals surface area contributed by atoms with Gasteiger partial charge >= 0.3 is 0 Å². The standard InChI is InChI=1S/C19H26N4O2/c1-23-10-9-16(12-23)25-17-4-2-3-13-11-20-19(22-18(13)17)21-14-5-7-15(24)8-6-14/h2-4,11,14-16,24H,5-10,12H2,1H3,(H,20,21,22)/t14-,15-,16?. The first kappa shape index (κ1) is 16.5. The average Bonchev–Trinajstić information content (AvgIpc) is 3.02. The van der Waals surface area contributed by atoms with Crippen molar-refractivity contribution in [3.63, 3.8) is 0 Å². The van der Waals surface area contributed by atoms with E-state index in [4.69, 9.17) is 9.72 Å². The predicted octanol–water partition coefficient (Wildman–Crippen LogP) is 2.43. The molecule has 0 bridgehead atoms. The third-order valence-electron chi connectivity index (χ3n) is 5.25. The SMILES string of the molecule is CN1CCC(Oc2cccc3cnc(N[C@H]4CC[C@H](O)CC4)nc23)C1. The number of likely N-dealkylation sites (tertiary alicyclic amines) is 1. The molecule has 1 aliphatic heterocycles. The zero-order valence-electron chi connectivity index (χ0n) is 14.7. The van der Waals surface area contributed by atoms with Crippen molar-refractivity contribution in [1.29, 1.82) is 0 Å². The summed E-state index contributed by atoms with van der Waals surface area (Å²) in [4.78, 5) is 11.5. The molecular formula is C19H26N4O2. The van der Waals surface area contributed by atoms with Crippen LogP contribution in [0.15, 0.2) is 24.4 Å². The van der Waals surface area contributed by atoms with E-state index in [9.17, 15) is 5.11 Å². The lowest BCUT2D eigenvalue weighted by Gasteiger charge is -2.26. The molecule has 2 aliphatic rings. The monoisotopic (exact) mass is 342 g/mol. The molecule has 1 aliphatic carbocycles. The number of likely N-dealkylation sites (N-methyl/N-ethyl adjacent to an activating group) is 1. The molecule has 4 rings (SSSR count). The van der Waals surface area contributed by atoms with Crippen molar-refractivity contribution in [3.8, 4) is 5.75 Å². The summed E-state index contributed by atoms with van der Waals surface area (Å²) in [5.41, 5.74) is 0.866. The number of nitrogens with zero attached hydrogens (tertiary/aromatic N) is 3. The van der Waals surface area contributed by atoms with E-state index >= 15 is 0 Å². The van der Waals surface area contributed by atoms with Gasteiger partial charge in [0.2, 0.25) is 5.95 Å². The molecule has 1 saturated carbocycles. The Kier molecular flexibility index (Phi) is 4.72. The molecule has 25 heavy (non-hydrogen) atoms. The van der Waals surface area contributed by atoms with E-state index in [1.54, 1.807) is 0 Å². The van der Waals surface area contributed by atoms with Gasteiger partial charge in [0, 0.05) is 30.7 Å². The van der Waals surface area contributed by atoms with Crippen molar-refractivity contribution in [2.75, 3.05) is 25.5 Å². The summed E-state index contributed by atoms with van der Waals surface area (Å²) in [7, 11) is 2.12. The van der Waals surface area contributed by atoms with E-state index in [2.05, 4.69) is 22.2 Å². The molecule has 2 heterocycles. The normalized spacial score (nSPS) is 27.5. The predicted molar refractivity (Wildman–Crippen MR) is 98.0 cm³/mol. The first-order valence-corrected chi connectivity index (χ1v) is 9.23. The number of nitrogens with one attached hydrogen (secondary N) is 1. The second-order valence-electron chi connectivity index (χ2n) is 7.33. The summed E-state index contributed by atoms with van der Waals surface area (Å²) in [6.45, 7) is 2.03. The van der Waals surface area contributed by atoms with Crippen LogP contribution in [0.2, 0.25) is 0 Å². The van der Waals surface area contributed by atoms with Crippen LogP contribution in [0.25, 0.3) is 10.9 Å². The van der Waals surface area contributed by atoms with Crippen molar-refractivity contribution >= 4 is 16.9 Å². The summed E-state index contributed by atoms with van der Waals surface area (Å²) in [5, 5.41) is 14.1. The van der Waals surface area contributed by atoms with Crippen LogP contribution in [0.5, 0.6) is 5.75 Å². The first-order valence-electron chi connectivity index (χ1n) is 9.23. The minimum absolute atomic E-state index is 0.153. The molecule has 6 heteroatoms. The molecule has 2 aromatic rings. The molecule has 2 N–H and O–H groups in total. The number of ether oxygens (including phenoxy) is 1. The summed E-state index contributed by atoms with van der Waals surface area (Å²) in [6, 6.07) is 6.34. The Morgan fingerprint density at radius 1 is 1.20 bits per heavy atom. The highest BCUT2D eigenvalue weighted by Crippen LogP contribution is 2.28. The van der Waals surface area contributed by atoms with Crippen molar-refractivity contribution in [1.82, 2.24) is 14.9 Å². The summed E-state index contributed by atoms with van der Waals surface area (Å²) in [6.07, 6.45) is 6.57. The zero-order valence-corrected chi connectivity index (χ0v) is 14.7. The summed E-state index contributed by atoms with van der Waals surface area (Å²) >= 11 is 0. The van der Waals surface area contributed by atoms with Crippen LogP contribution in [0, 0.1) is 0 Å². The van der Waals surface area contributed by atoms with Gasteiger partial charge in [-0.3, -0.25) is 0 Å². The van der Waals surface area contributed by atoms with Gasteiger partial charge in [-0.2, -0.15) is 0 Å². The summed E-state index contributed by atoms with van der Waals surface area (Å²) < 4.78 is 6.23. The zero-order chi connectivity index (χ0) is 17.2. The van der Waals surface area contributed by atoms with Crippen LogP contribution >= 0.6 is 0 Å². The van der Waals surface area contributed by atoms with Crippen molar-refractivity contribution in [2.45, 2.75) is 50.4 Å². The lowest BCUT2D eigenvalue weighted by atomic mass is 9.93. The van der Waals surface area contributed by atoms with Gasteiger partial charge in [-0.1, -0.05) is 12.1 Å².